The summed E-state index contributed by atoms with van der Waals surface area (Å²) in [4.78, 5) is 47.1. The third-order valence-electron chi connectivity index (χ3n) is 8.86. The highest BCUT2D eigenvalue weighted by Crippen LogP contribution is 2.32. The summed E-state index contributed by atoms with van der Waals surface area (Å²) in [5.41, 5.74) is 1.67. The van der Waals surface area contributed by atoms with Crippen LogP contribution in [0.1, 0.15) is 35.7 Å². The number of nitrogens with one attached hydrogen (secondary N) is 2. The first-order valence-electron chi connectivity index (χ1n) is 15.8. The van der Waals surface area contributed by atoms with Gasteiger partial charge in [0.2, 0.25) is 11.7 Å². The van der Waals surface area contributed by atoms with Gasteiger partial charge in [-0.05, 0) is 49.2 Å². The van der Waals surface area contributed by atoms with Crippen LogP contribution in [0.4, 0.5) is 20.3 Å². The predicted molar refractivity (Wildman–Crippen MR) is 177 cm³/mol. The maximum absolute atomic E-state index is 15.0. The van der Waals surface area contributed by atoms with Gasteiger partial charge in [-0.2, -0.15) is 9.65 Å². The number of anilines is 2. The molecule has 2 aliphatic heterocycles. The molecular weight excluding hydrogens is 654 g/mol. The molecule has 0 bridgehead atoms. The lowest BCUT2D eigenvalue weighted by Crippen LogP contribution is -2.54. The molecule has 4 heterocycles. The highest BCUT2D eigenvalue weighted by molar-refractivity contribution is 5.96. The number of ether oxygens (including phenoxy) is 1. The Bertz CT molecular complexity index is 1940. The van der Waals surface area contributed by atoms with Gasteiger partial charge in [0.05, 0.1) is 23.5 Å². The number of imidazole rings is 1. The Morgan fingerprint density at radius 2 is 1.88 bits per heavy atom. The fraction of sp³-hybridized carbons (Fsp3) is 0.353. The first-order valence-corrected chi connectivity index (χ1v) is 15.8. The van der Waals surface area contributed by atoms with Crippen LogP contribution in [-0.2, 0) is 9.59 Å². The number of aryl methyl sites for hydroxylation is 1. The molecule has 2 aliphatic rings. The van der Waals surface area contributed by atoms with E-state index in [1.54, 1.807) is 38.6 Å². The van der Waals surface area contributed by atoms with Crippen molar-refractivity contribution in [2.24, 2.45) is 0 Å². The van der Waals surface area contributed by atoms with Gasteiger partial charge in [-0.1, -0.05) is 6.92 Å². The lowest BCUT2D eigenvalue weighted by atomic mass is 9.97. The number of rotatable bonds is 8. The Morgan fingerprint density at radius 3 is 2.54 bits per heavy atom. The van der Waals surface area contributed by atoms with E-state index in [0.717, 1.165) is 5.56 Å². The van der Waals surface area contributed by atoms with E-state index < -0.39 is 29.9 Å². The zero-order valence-electron chi connectivity index (χ0n) is 27.4. The van der Waals surface area contributed by atoms with Crippen molar-refractivity contribution in [3.05, 3.63) is 71.7 Å². The van der Waals surface area contributed by atoms with Crippen molar-refractivity contribution in [1.29, 1.82) is 5.26 Å². The number of benzene rings is 2. The summed E-state index contributed by atoms with van der Waals surface area (Å²) >= 11 is 0. The quantitative estimate of drug-likeness (QED) is 0.199. The van der Waals surface area contributed by atoms with Crippen molar-refractivity contribution in [1.82, 2.24) is 29.5 Å². The summed E-state index contributed by atoms with van der Waals surface area (Å²) in [7, 11) is 0. The number of carbonyl (C=O) groups excluding carboxylic acids is 2. The summed E-state index contributed by atoms with van der Waals surface area (Å²) in [6.07, 6.45) is 5.46. The minimum atomic E-state index is -1.20. The van der Waals surface area contributed by atoms with Gasteiger partial charge in [-0.15, -0.1) is 0 Å². The number of carbonyl (C=O) groups is 3. The van der Waals surface area contributed by atoms with Crippen molar-refractivity contribution in [3.63, 3.8) is 0 Å². The highest BCUT2D eigenvalue weighted by Gasteiger charge is 2.41. The molecule has 4 aromatic rings. The minimum absolute atomic E-state index is 0.0424. The average molecular weight is 691 g/mol. The van der Waals surface area contributed by atoms with Gasteiger partial charge in [0.1, 0.15) is 6.07 Å². The molecule has 0 radical (unpaired) electrons. The SMILES string of the molecule is CC[C@]1(O)CN[C@H](C(=O)N2CCN(C(=O)c3ccc(Nc4nccn5c(-c6ccc(OCC#N)c(F)c6F)cnc45)cc3C)CC2)C1.O=CO. The largest absolute Gasteiger partial charge is 0.483 e. The maximum Gasteiger partial charge on any atom is 0.290 e. The number of halogens is 2. The van der Waals surface area contributed by atoms with E-state index in [9.17, 15) is 23.5 Å². The van der Waals surface area contributed by atoms with Crippen LogP contribution >= 0.6 is 0 Å². The summed E-state index contributed by atoms with van der Waals surface area (Å²) in [5, 5.41) is 32.4. The van der Waals surface area contributed by atoms with Crippen LogP contribution in [-0.4, -0.2) is 104 Å². The maximum atomic E-state index is 15.0. The first-order chi connectivity index (χ1) is 24.0. The van der Waals surface area contributed by atoms with Crippen molar-refractivity contribution in [3.8, 4) is 23.1 Å². The van der Waals surface area contributed by atoms with E-state index in [4.69, 9.17) is 19.9 Å². The molecule has 2 aromatic carbocycles. The molecule has 0 aliphatic carbocycles. The van der Waals surface area contributed by atoms with Crippen molar-refractivity contribution < 1.29 is 38.1 Å². The van der Waals surface area contributed by atoms with Gasteiger partial charge in [-0.3, -0.25) is 18.8 Å². The number of amides is 2. The lowest BCUT2D eigenvalue weighted by molar-refractivity contribution is -0.135. The molecule has 2 fully saturated rings. The van der Waals surface area contributed by atoms with Crippen LogP contribution in [0.3, 0.4) is 0 Å². The second-order valence-electron chi connectivity index (χ2n) is 11.9. The molecule has 0 spiro atoms. The van der Waals surface area contributed by atoms with Crippen LogP contribution in [0, 0.1) is 29.9 Å². The number of nitriles is 1. The third-order valence-corrected chi connectivity index (χ3v) is 8.86. The topological polar surface area (TPSA) is 185 Å². The van der Waals surface area contributed by atoms with Crippen LogP contribution < -0.4 is 15.4 Å². The molecule has 0 unspecified atom stereocenters. The molecule has 0 saturated carbocycles. The molecule has 2 atom stereocenters. The van der Waals surface area contributed by atoms with Gasteiger partial charge < -0.3 is 35.4 Å². The normalized spacial score (nSPS) is 18.6. The summed E-state index contributed by atoms with van der Waals surface area (Å²) in [6.45, 7) is 5.13. The van der Waals surface area contributed by atoms with E-state index in [1.165, 1.54) is 24.5 Å². The summed E-state index contributed by atoms with van der Waals surface area (Å²) in [6, 6.07) is 9.23. The molecule has 14 nitrogen and oxygen atoms in total. The lowest BCUT2D eigenvalue weighted by Gasteiger charge is -2.36. The molecule has 262 valence electrons. The van der Waals surface area contributed by atoms with Gasteiger partial charge in [0.25, 0.3) is 12.4 Å². The Labute approximate surface area is 285 Å². The average Bonchev–Trinajstić information content (AvgIpc) is 3.74. The van der Waals surface area contributed by atoms with Gasteiger partial charge in [-0.25, -0.2) is 14.4 Å². The second kappa shape index (κ2) is 15.3. The standard InChI is InChI=1S/C33H34F2N8O4.CH2O2/c1-3-33(46)17-24(39-19-33)32(45)42-13-11-41(12-14-42)31(44)22-5-4-21(16-20(22)2)40-29-30-38-18-25(43(30)10-9-37-29)23-6-7-26(47-15-8-36)28(35)27(23)34;2-1-3/h4-7,9-10,16,18,24,39,46H,3,11-15,17,19H2,1-2H3,(H,37,40);1H,(H,2,3)/t24-,33+;/m0./s1. The third kappa shape index (κ3) is 7.33. The number of fused-ring (bicyclic) bond motifs is 1. The van der Waals surface area contributed by atoms with Crippen molar-refractivity contribution in [2.45, 2.75) is 38.3 Å². The van der Waals surface area contributed by atoms with Crippen molar-refractivity contribution >= 4 is 35.4 Å². The fourth-order valence-electron chi connectivity index (χ4n) is 6.08. The predicted octanol–water partition coefficient (Wildman–Crippen LogP) is 3.12. The number of piperazine rings is 1. The molecule has 4 N–H and O–H groups in total. The Kier molecular flexibility index (Phi) is 10.9. The van der Waals surface area contributed by atoms with Crippen LogP contribution in [0.25, 0.3) is 16.9 Å². The number of aliphatic hydroxyl groups is 1. The van der Waals surface area contributed by atoms with E-state index >= 15 is 0 Å². The zero-order valence-corrected chi connectivity index (χ0v) is 27.4. The molecule has 2 amide bonds. The monoisotopic (exact) mass is 690 g/mol. The number of hydrogen-bond donors (Lipinski definition) is 4. The van der Waals surface area contributed by atoms with Gasteiger partial charge in [0, 0.05) is 68.4 Å². The number of carboxylic acid groups (broad SMARTS) is 1. The Hall–Kier alpha value is -5.66. The van der Waals surface area contributed by atoms with Crippen LogP contribution in [0.5, 0.6) is 5.75 Å². The van der Waals surface area contributed by atoms with E-state index in [1.807, 2.05) is 19.9 Å². The van der Waals surface area contributed by atoms with E-state index in [-0.39, 0.29) is 35.3 Å². The van der Waals surface area contributed by atoms with E-state index in [0.29, 0.717) is 68.3 Å². The number of β-amino-alcohol motifs (C(OH)–C–C–N with tert-alkyl or cyclic N) is 1. The summed E-state index contributed by atoms with van der Waals surface area (Å²) in [5.74, 6) is -2.50. The highest BCUT2D eigenvalue weighted by atomic mass is 19.2. The molecule has 16 heteroatoms. The Morgan fingerprint density at radius 1 is 1.16 bits per heavy atom. The first kappa shape index (κ1) is 35.6. The minimum Gasteiger partial charge on any atom is -0.483 e. The van der Waals surface area contributed by atoms with Crippen molar-refractivity contribution in [2.75, 3.05) is 44.6 Å². The molecule has 6 rings (SSSR count). The van der Waals surface area contributed by atoms with Gasteiger partial charge >= 0.3 is 0 Å². The second-order valence-corrected chi connectivity index (χ2v) is 11.9. The summed E-state index contributed by atoms with van der Waals surface area (Å²) < 4.78 is 36.1. The Balaban J connectivity index is 0.00000156. The van der Waals surface area contributed by atoms with Crippen LogP contribution in [0.15, 0.2) is 48.9 Å². The molecular formula is C34H36F2N8O6. The number of nitrogens with zero attached hydrogens (tertiary/aromatic N) is 6. The number of aromatic nitrogens is 3. The smallest absolute Gasteiger partial charge is 0.290 e. The molecule has 2 aromatic heterocycles. The fourth-order valence-corrected chi connectivity index (χ4v) is 6.08. The van der Waals surface area contributed by atoms with Gasteiger partial charge in [0.15, 0.2) is 29.6 Å². The number of hydrogen-bond acceptors (Lipinski definition) is 10. The van der Waals surface area contributed by atoms with Crippen LogP contribution in [0.2, 0.25) is 0 Å². The van der Waals surface area contributed by atoms with E-state index in [2.05, 4.69) is 20.6 Å². The zero-order chi connectivity index (χ0) is 36.0. The molecule has 50 heavy (non-hydrogen) atoms. The molecule has 2 saturated heterocycles.